The van der Waals surface area contributed by atoms with E-state index in [4.69, 9.17) is 23.2 Å². The summed E-state index contributed by atoms with van der Waals surface area (Å²) >= 11 is 12.0. The van der Waals surface area contributed by atoms with E-state index in [1.165, 1.54) is 6.07 Å². The van der Waals surface area contributed by atoms with E-state index in [9.17, 15) is 18.0 Å². The minimum atomic E-state index is -4.36. The quantitative estimate of drug-likeness (QED) is 0.657. The van der Waals surface area contributed by atoms with Gasteiger partial charge in [0.05, 0.1) is 5.56 Å². The number of nitrogens with zero attached hydrogens (tertiary/aromatic N) is 2. The predicted octanol–water partition coefficient (Wildman–Crippen LogP) is 5.29. The lowest BCUT2D eigenvalue weighted by molar-refractivity contribution is -0.137. The Kier molecular flexibility index (Phi) is 6.40. The first kappa shape index (κ1) is 20.8. The zero-order valence-corrected chi connectivity index (χ0v) is 16.5. The number of amides is 1. The number of benzene rings is 2. The summed E-state index contributed by atoms with van der Waals surface area (Å²) in [4.78, 5) is 16.1. The van der Waals surface area contributed by atoms with Crippen molar-refractivity contribution >= 4 is 34.8 Å². The molecule has 0 aliphatic carbocycles. The lowest BCUT2D eigenvalue weighted by Crippen LogP contribution is -2.48. The molecule has 0 unspecified atom stereocenters. The smallest absolute Gasteiger partial charge is 0.368 e. The molecule has 1 aliphatic heterocycles. The van der Waals surface area contributed by atoms with Crippen LogP contribution < -0.4 is 4.90 Å². The maximum absolute atomic E-state index is 12.9. The monoisotopic (exact) mass is 430 g/mol. The van der Waals surface area contributed by atoms with E-state index in [1.807, 2.05) is 11.0 Å². The average Bonchev–Trinajstić information content (AvgIpc) is 2.67. The molecule has 0 radical (unpaired) electrons. The van der Waals surface area contributed by atoms with Crippen LogP contribution in [0.5, 0.6) is 0 Å². The van der Waals surface area contributed by atoms with Crippen LogP contribution in [0.1, 0.15) is 17.5 Å². The van der Waals surface area contributed by atoms with Gasteiger partial charge in [0.2, 0.25) is 5.91 Å². The van der Waals surface area contributed by atoms with Crippen LogP contribution in [-0.2, 0) is 17.4 Å². The van der Waals surface area contributed by atoms with Gasteiger partial charge in [-0.25, -0.2) is 0 Å². The largest absolute Gasteiger partial charge is 0.416 e. The molecule has 0 saturated carbocycles. The Bertz CT molecular complexity index is 850. The lowest BCUT2D eigenvalue weighted by atomic mass is 10.1. The second kappa shape index (κ2) is 8.62. The van der Waals surface area contributed by atoms with Gasteiger partial charge in [0.25, 0.3) is 0 Å². The first-order valence-corrected chi connectivity index (χ1v) is 9.63. The van der Waals surface area contributed by atoms with Crippen LogP contribution in [0.25, 0.3) is 0 Å². The maximum atomic E-state index is 12.9. The first-order chi connectivity index (χ1) is 13.2. The van der Waals surface area contributed by atoms with Gasteiger partial charge in [0.1, 0.15) is 0 Å². The SMILES string of the molecule is O=C(CCc1ccc(Cl)cc1Cl)N1CCN(c2cccc(C(F)(F)F)c2)CC1. The third kappa shape index (κ3) is 5.11. The summed E-state index contributed by atoms with van der Waals surface area (Å²) in [6.07, 6.45) is -3.52. The molecule has 0 spiro atoms. The van der Waals surface area contributed by atoms with Gasteiger partial charge in [-0.15, -0.1) is 0 Å². The Balaban J connectivity index is 1.54. The third-order valence-corrected chi connectivity index (χ3v) is 5.38. The Morgan fingerprint density at radius 2 is 1.71 bits per heavy atom. The van der Waals surface area contributed by atoms with Crippen LogP contribution in [0.3, 0.4) is 0 Å². The molecule has 2 aromatic carbocycles. The normalized spacial score (nSPS) is 15.0. The van der Waals surface area contributed by atoms with Crippen molar-refractivity contribution in [3.63, 3.8) is 0 Å². The van der Waals surface area contributed by atoms with Gasteiger partial charge in [0.15, 0.2) is 0 Å². The molecule has 3 rings (SSSR count). The van der Waals surface area contributed by atoms with Crippen LogP contribution in [-0.4, -0.2) is 37.0 Å². The Labute approximate surface area is 171 Å². The highest BCUT2D eigenvalue weighted by molar-refractivity contribution is 6.35. The van der Waals surface area contributed by atoms with E-state index in [2.05, 4.69) is 0 Å². The number of carbonyl (C=O) groups excluding carboxylic acids is 1. The molecule has 150 valence electrons. The fraction of sp³-hybridized carbons (Fsp3) is 0.350. The van der Waals surface area contributed by atoms with Gasteiger partial charge in [-0.05, 0) is 42.3 Å². The molecular weight excluding hydrogens is 412 g/mol. The number of carbonyl (C=O) groups is 1. The molecule has 1 amide bonds. The topological polar surface area (TPSA) is 23.6 Å². The molecule has 1 fully saturated rings. The van der Waals surface area contributed by atoms with E-state index in [-0.39, 0.29) is 5.91 Å². The summed E-state index contributed by atoms with van der Waals surface area (Å²) in [5, 5.41) is 1.08. The second-order valence-electron chi connectivity index (χ2n) is 6.65. The summed E-state index contributed by atoms with van der Waals surface area (Å²) in [6, 6.07) is 10.5. The minimum Gasteiger partial charge on any atom is -0.368 e. The zero-order chi connectivity index (χ0) is 20.3. The molecule has 1 saturated heterocycles. The van der Waals surface area contributed by atoms with Crippen LogP contribution >= 0.6 is 23.2 Å². The Morgan fingerprint density at radius 3 is 2.36 bits per heavy atom. The van der Waals surface area contributed by atoms with Crippen molar-refractivity contribution in [1.29, 1.82) is 0 Å². The molecule has 0 aromatic heterocycles. The molecule has 2 aromatic rings. The summed E-state index contributed by atoms with van der Waals surface area (Å²) in [5.74, 6) is 0.00899. The van der Waals surface area contributed by atoms with Gasteiger partial charge in [0, 0.05) is 48.3 Å². The van der Waals surface area contributed by atoms with E-state index in [0.717, 1.165) is 17.7 Å². The van der Waals surface area contributed by atoms with Crippen molar-refractivity contribution in [2.45, 2.75) is 19.0 Å². The standard InChI is InChI=1S/C20H19Cl2F3N2O/c21-16-6-4-14(18(22)13-16)5-7-19(28)27-10-8-26(9-11-27)17-3-1-2-15(12-17)20(23,24)25/h1-4,6,12-13H,5,7-11H2. The molecule has 0 bridgehead atoms. The van der Waals surface area contributed by atoms with E-state index < -0.39 is 11.7 Å². The van der Waals surface area contributed by atoms with Crippen molar-refractivity contribution in [1.82, 2.24) is 4.90 Å². The highest BCUT2D eigenvalue weighted by Gasteiger charge is 2.31. The van der Waals surface area contributed by atoms with Crippen LogP contribution in [0, 0.1) is 0 Å². The summed E-state index contributed by atoms with van der Waals surface area (Å²) in [6.45, 7) is 1.94. The molecule has 8 heteroatoms. The first-order valence-electron chi connectivity index (χ1n) is 8.88. The minimum absolute atomic E-state index is 0.00899. The number of aryl methyl sites for hydroxylation is 1. The Morgan fingerprint density at radius 1 is 1.00 bits per heavy atom. The second-order valence-corrected chi connectivity index (χ2v) is 7.50. The molecule has 3 nitrogen and oxygen atoms in total. The van der Waals surface area contributed by atoms with Gasteiger partial charge >= 0.3 is 6.18 Å². The average molecular weight is 431 g/mol. The number of hydrogen-bond acceptors (Lipinski definition) is 2. The number of anilines is 1. The molecule has 0 N–H and O–H groups in total. The highest BCUT2D eigenvalue weighted by atomic mass is 35.5. The number of halogens is 5. The molecule has 1 aliphatic rings. The van der Waals surface area contributed by atoms with Crippen LogP contribution in [0.2, 0.25) is 10.0 Å². The summed E-state index contributed by atoms with van der Waals surface area (Å²) in [5.41, 5.74) is 0.722. The van der Waals surface area contributed by atoms with Crippen molar-refractivity contribution in [2.75, 3.05) is 31.1 Å². The lowest BCUT2D eigenvalue weighted by Gasteiger charge is -2.36. The summed E-state index contributed by atoms with van der Waals surface area (Å²) < 4.78 is 38.7. The Hall–Kier alpha value is -1.92. The highest BCUT2D eigenvalue weighted by Crippen LogP contribution is 2.32. The van der Waals surface area contributed by atoms with Crippen molar-refractivity contribution in [2.24, 2.45) is 0 Å². The third-order valence-electron chi connectivity index (χ3n) is 4.79. The maximum Gasteiger partial charge on any atom is 0.416 e. The predicted molar refractivity (Wildman–Crippen MR) is 105 cm³/mol. The van der Waals surface area contributed by atoms with Gasteiger partial charge in [-0.3, -0.25) is 4.79 Å². The van der Waals surface area contributed by atoms with Crippen LogP contribution in [0.4, 0.5) is 18.9 Å². The zero-order valence-electron chi connectivity index (χ0n) is 15.0. The number of rotatable bonds is 4. The number of piperazine rings is 1. The van der Waals surface area contributed by atoms with Gasteiger partial charge < -0.3 is 9.80 Å². The summed E-state index contributed by atoms with van der Waals surface area (Å²) in [7, 11) is 0. The fourth-order valence-corrected chi connectivity index (χ4v) is 3.72. The van der Waals surface area contributed by atoms with Crippen molar-refractivity contribution < 1.29 is 18.0 Å². The van der Waals surface area contributed by atoms with E-state index in [0.29, 0.717) is 54.8 Å². The number of alkyl halides is 3. The van der Waals surface area contributed by atoms with Crippen molar-refractivity contribution in [3.05, 3.63) is 63.6 Å². The van der Waals surface area contributed by atoms with Crippen molar-refractivity contribution in [3.8, 4) is 0 Å². The molecule has 1 heterocycles. The molecule has 0 atom stereocenters. The molecular formula is C20H19Cl2F3N2O. The van der Waals surface area contributed by atoms with Gasteiger partial charge in [-0.1, -0.05) is 35.3 Å². The van der Waals surface area contributed by atoms with E-state index >= 15 is 0 Å². The van der Waals surface area contributed by atoms with E-state index in [1.54, 1.807) is 23.1 Å². The fourth-order valence-electron chi connectivity index (χ4n) is 3.22. The van der Waals surface area contributed by atoms with Crippen LogP contribution in [0.15, 0.2) is 42.5 Å². The number of hydrogen-bond donors (Lipinski definition) is 0. The molecule has 28 heavy (non-hydrogen) atoms. The van der Waals surface area contributed by atoms with Gasteiger partial charge in [-0.2, -0.15) is 13.2 Å².